The molecule has 0 amide bonds. The normalized spacial score (nSPS) is 0. The molecule has 0 heterocycles. The average Bonchev–Trinajstić information content (AvgIpc) is 0. The minimum atomic E-state index is 0. The van der Waals surface area contributed by atoms with Gasteiger partial charge in [-0.15, -0.1) is 0 Å². The molecule has 0 aliphatic heterocycles. The first-order chi connectivity index (χ1) is 0. The van der Waals surface area contributed by atoms with E-state index in [1.165, 1.54) is 0 Å². The van der Waals surface area contributed by atoms with Crippen molar-refractivity contribution >= 4 is 0 Å². The molecule has 5 heteroatoms. The van der Waals surface area contributed by atoms with Gasteiger partial charge in [-0.2, -0.15) is 0 Å². The van der Waals surface area contributed by atoms with Crippen LogP contribution >= 0.6 is 0 Å². The van der Waals surface area contributed by atoms with Crippen LogP contribution < -0.4 is 14.1 Å². The second-order valence-corrected chi connectivity index (χ2v) is 0. The van der Waals surface area contributed by atoms with Gasteiger partial charge in [0.25, 0.3) is 0 Å². The van der Waals surface area contributed by atoms with Gasteiger partial charge in [0.15, 0.2) is 0 Å². The third-order valence-corrected chi connectivity index (χ3v) is 0. The summed E-state index contributed by atoms with van der Waals surface area (Å²) in [7, 11) is 0. The Balaban J connectivity index is 0. The maximum absolute atomic E-state index is 0. The van der Waals surface area contributed by atoms with Crippen molar-refractivity contribution in [2.24, 2.45) is 0 Å². The summed E-state index contributed by atoms with van der Waals surface area (Å²) in [6.45, 7) is 0. The van der Waals surface area contributed by atoms with Crippen LogP contribution in [0.3, 0.4) is 0 Å². The van der Waals surface area contributed by atoms with E-state index in [-0.39, 0.29) is 41.3 Å². The Labute approximate surface area is 42.0 Å². The van der Waals surface area contributed by atoms with Crippen LogP contribution in [-0.2, 0) is 21.7 Å². The SMILES string of the molecule is O.[F-].[F-].[F-].[Ti+3]. The standard InChI is InChI=1S/3FH.H2O.Ti/h3*1H;1H2;/q;;;;+3/p-3. The van der Waals surface area contributed by atoms with E-state index in [2.05, 4.69) is 0 Å². The zero-order valence-electron chi connectivity index (χ0n) is 2.13. The van der Waals surface area contributed by atoms with Gasteiger partial charge >= 0.3 is 21.7 Å². The molecule has 0 aliphatic carbocycles. The van der Waals surface area contributed by atoms with E-state index >= 15 is 0 Å². The molecule has 0 fully saturated rings. The number of hydrogen-bond acceptors (Lipinski definition) is 0. The van der Waals surface area contributed by atoms with E-state index in [4.69, 9.17) is 0 Å². The fourth-order valence-corrected chi connectivity index (χ4v) is 0. The van der Waals surface area contributed by atoms with E-state index in [0.717, 1.165) is 0 Å². The first-order valence-corrected chi connectivity index (χ1v) is 0. The summed E-state index contributed by atoms with van der Waals surface area (Å²) in [4.78, 5) is 0. The fraction of sp³-hybridized carbons (Fsp3) is 0. The van der Waals surface area contributed by atoms with Gasteiger partial charge in [0.1, 0.15) is 0 Å². The van der Waals surface area contributed by atoms with Crippen molar-refractivity contribution in [1.82, 2.24) is 0 Å². The molecule has 0 saturated carbocycles. The smallest absolute Gasteiger partial charge is 1.00 e. The predicted octanol–water partition coefficient (Wildman–Crippen LogP) is -9.82. The molecule has 0 saturated heterocycles. The van der Waals surface area contributed by atoms with Crippen LogP contribution in [0.15, 0.2) is 0 Å². The van der Waals surface area contributed by atoms with Crippen molar-refractivity contribution in [3.8, 4) is 0 Å². The minimum Gasteiger partial charge on any atom is -1.00 e. The number of hydrogen-bond donors (Lipinski definition) is 0. The van der Waals surface area contributed by atoms with Gasteiger partial charge in [-0.1, -0.05) is 0 Å². The molecule has 0 aliphatic rings. The van der Waals surface area contributed by atoms with Crippen LogP contribution in [0.2, 0.25) is 0 Å². The Hall–Kier alpha value is 0.464. The maximum atomic E-state index is 0. The van der Waals surface area contributed by atoms with Crippen LogP contribution in [0.1, 0.15) is 0 Å². The Morgan fingerprint density at radius 1 is 0.600 bits per heavy atom. The Bertz CT molecular complexity index is 6.85. The number of halogens is 3. The van der Waals surface area contributed by atoms with Crippen molar-refractivity contribution in [2.45, 2.75) is 0 Å². The molecule has 1 radical (unpaired) electrons. The summed E-state index contributed by atoms with van der Waals surface area (Å²) in [5.74, 6) is 0. The third kappa shape index (κ3) is 126. The molecule has 33 valence electrons. The van der Waals surface area contributed by atoms with Crippen LogP contribution in [-0.4, -0.2) is 5.48 Å². The molecule has 1 nitrogen and oxygen atoms in total. The van der Waals surface area contributed by atoms with Crippen molar-refractivity contribution in [2.75, 3.05) is 0 Å². The molecule has 0 aromatic rings. The summed E-state index contributed by atoms with van der Waals surface area (Å²) >= 11 is 0. The van der Waals surface area contributed by atoms with Crippen molar-refractivity contribution in [3.63, 3.8) is 0 Å². The van der Waals surface area contributed by atoms with Crippen LogP contribution in [0, 0.1) is 0 Å². The largest absolute Gasteiger partial charge is 3.00 e. The molecule has 0 unspecified atom stereocenters. The first-order valence-electron chi connectivity index (χ1n) is 0. The van der Waals surface area contributed by atoms with Gasteiger partial charge < -0.3 is 19.6 Å². The number of rotatable bonds is 0. The molecule has 0 bridgehead atoms. The van der Waals surface area contributed by atoms with E-state index < -0.39 is 0 Å². The topological polar surface area (TPSA) is 31.5 Å². The molecule has 0 aromatic carbocycles. The molecule has 5 heavy (non-hydrogen) atoms. The quantitative estimate of drug-likeness (QED) is 0.286. The molecule has 2 N–H and O–H groups in total. The van der Waals surface area contributed by atoms with Gasteiger partial charge in [-0.25, -0.2) is 0 Å². The van der Waals surface area contributed by atoms with Gasteiger partial charge in [0.2, 0.25) is 0 Å². The molecule has 0 spiro atoms. The van der Waals surface area contributed by atoms with E-state index in [0.29, 0.717) is 0 Å². The van der Waals surface area contributed by atoms with E-state index in [9.17, 15) is 0 Å². The summed E-state index contributed by atoms with van der Waals surface area (Å²) in [6.07, 6.45) is 0. The van der Waals surface area contributed by atoms with Gasteiger partial charge in [0, 0.05) is 0 Å². The maximum Gasteiger partial charge on any atom is 3.00 e. The first kappa shape index (κ1) is 505. The van der Waals surface area contributed by atoms with E-state index in [1.807, 2.05) is 0 Å². The summed E-state index contributed by atoms with van der Waals surface area (Å²) in [5.41, 5.74) is 0. The third-order valence-electron chi connectivity index (χ3n) is 0. The zero-order valence-corrected chi connectivity index (χ0v) is 3.70. The van der Waals surface area contributed by atoms with Gasteiger partial charge in [-0.05, 0) is 0 Å². The van der Waals surface area contributed by atoms with E-state index in [1.54, 1.807) is 0 Å². The molecule has 0 rings (SSSR count). The van der Waals surface area contributed by atoms with Crippen LogP contribution in [0.25, 0.3) is 0 Å². The Morgan fingerprint density at radius 2 is 0.600 bits per heavy atom. The Kier molecular flexibility index (Phi) is 25100. The average molecular weight is 123 g/mol. The van der Waals surface area contributed by atoms with Crippen LogP contribution in [0.5, 0.6) is 0 Å². The van der Waals surface area contributed by atoms with Crippen molar-refractivity contribution in [1.29, 1.82) is 0 Å². The van der Waals surface area contributed by atoms with Gasteiger partial charge in [-0.3, -0.25) is 0 Å². The predicted molar refractivity (Wildman–Crippen MR) is 3.61 cm³/mol. The van der Waals surface area contributed by atoms with Gasteiger partial charge in [0.05, 0.1) is 0 Å². The zero-order chi connectivity index (χ0) is 0. The second-order valence-electron chi connectivity index (χ2n) is 0. The summed E-state index contributed by atoms with van der Waals surface area (Å²) in [6, 6.07) is 0. The minimum absolute atomic E-state index is 0. The Morgan fingerprint density at radius 3 is 0.600 bits per heavy atom. The van der Waals surface area contributed by atoms with Crippen LogP contribution in [0.4, 0.5) is 0 Å². The summed E-state index contributed by atoms with van der Waals surface area (Å²) < 4.78 is 0. The molecular formula is H2F3OTi. The fourth-order valence-electron chi connectivity index (χ4n) is 0. The second kappa shape index (κ2) is 249. The van der Waals surface area contributed by atoms with Crippen molar-refractivity contribution < 1.29 is 41.3 Å². The van der Waals surface area contributed by atoms with Crippen molar-refractivity contribution in [3.05, 3.63) is 0 Å². The summed E-state index contributed by atoms with van der Waals surface area (Å²) in [5, 5.41) is 0. The molecule has 0 aromatic heterocycles. The molecule has 0 atom stereocenters. The molecular weight excluding hydrogens is 121 g/mol. The monoisotopic (exact) mass is 123 g/mol.